The Kier molecular flexibility index (Phi) is 5.16. The zero-order chi connectivity index (χ0) is 16.4. The molecule has 0 bridgehead atoms. The van der Waals surface area contributed by atoms with E-state index in [1.807, 2.05) is 13.8 Å². The van der Waals surface area contributed by atoms with Gasteiger partial charge in [0.2, 0.25) is 0 Å². The maximum absolute atomic E-state index is 11.6. The third-order valence-electron chi connectivity index (χ3n) is 3.72. The van der Waals surface area contributed by atoms with Crippen LogP contribution in [0.15, 0.2) is 17.4 Å². The van der Waals surface area contributed by atoms with Gasteiger partial charge in [-0.25, -0.2) is 0 Å². The lowest BCUT2D eigenvalue weighted by atomic mass is 9.65. The number of carbonyl (C=O) groups is 2. The smallest absolute Gasteiger partial charge is 0.303 e. The molecule has 0 heterocycles. The van der Waals surface area contributed by atoms with E-state index in [4.69, 9.17) is 4.74 Å². The van der Waals surface area contributed by atoms with E-state index in [9.17, 15) is 19.8 Å². The van der Waals surface area contributed by atoms with Gasteiger partial charge in [0.25, 0.3) is 0 Å². The van der Waals surface area contributed by atoms with Crippen LogP contribution in [-0.4, -0.2) is 39.8 Å². The Hall–Kier alpha value is -1.42. The van der Waals surface area contributed by atoms with E-state index in [1.165, 1.54) is 19.9 Å². The van der Waals surface area contributed by atoms with Crippen LogP contribution in [0.4, 0.5) is 0 Å². The largest absolute Gasteiger partial charge is 0.454 e. The molecular formula is C16H24O5. The number of hydrogen-bond acceptors (Lipinski definition) is 5. The quantitative estimate of drug-likeness (QED) is 0.468. The SMILES string of the molecule is CC(=O)O[C@]1(C)C[C@@H](O)CC(C)(C)C1=C=CC(=O)[C@@H](C)O. The van der Waals surface area contributed by atoms with Gasteiger partial charge in [-0.2, -0.15) is 0 Å². The third kappa shape index (κ3) is 4.27. The minimum absolute atomic E-state index is 0.259. The predicted molar refractivity (Wildman–Crippen MR) is 77.5 cm³/mol. The Morgan fingerprint density at radius 1 is 1.38 bits per heavy atom. The summed E-state index contributed by atoms with van der Waals surface area (Å²) in [5.74, 6) is -0.918. The molecule has 1 aliphatic carbocycles. The van der Waals surface area contributed by atoms with Crippen LogP contribution in [0.5, 0.6) is 0 Å². The zero-order valence-electron chi connectivity index (χ0n) is 13.3. The highest BCUT2D eigenvalue weighted by atomic mass is 16.6. The summed E-state index contributed by atoms with van der Waals surface area (Å²) in [5.41, 5.74) is 2.06. The summed E-state index contributed by atoms with van der Waals surface area (Å²) in [5, 5.41) is 19.3. The van der Waals surface area contributed by atoms with Crippen molar-refractivity contribution in [3.05, 3.63) is 17.4 Å². The molecule has 0 saturated heterocycles. The molecular weight excluding hydrogens is 272 g/mol. The summed E-state index contributed by atoms with van der Waals surface area (Å²) in [6.07, 6.45) is 0.233. The molecule has 0 aromatic carbocycles. The lowest BCUT2D eigenvalue weighted by Gasteiger charge is -2.45. The van der Waals surface area contributed by atoms with Gasteiger partial charge in [-0.1, -0.05) is 13.8 Å². The first-order valence-electron chi connectivity index (χ1n) is 7.05. The average molecular weight is 296 g/mol. The van der Waals surface area contributed by atoms with Crippen molar-refractivity contribution in [1.82, 2.24) is 0 Å². The van der Waals surface area contributed by atoms with Crippen LogP contribution in [0.2, 0.25) is 0 Å². The van der Waals surface area contributed by atoms with Crippen LogP contribution < -0.4 is 0 Å². The van der Waals surface area contributed by atoms with Crippen LogP contribution in [0, 0.1) is 5.41 Å². The lowest BCUT2D eigenvalue weighted by molar-refractivity contribution is -0.158. The van der Waals surface area contributed by atoms with Crippen LogP contribution in [0.1, 0.15) is 47.5 Å². The first-order chi connectivity index (χ1) is 9.48. The second kappa shape index (κ2) is 6.14. The van der Waals surface area contributed by atoms with Crippen molar-refractivity contribution in [3.63, 3.8) is 0 Å². The first kappa shape index (κ1) is 17.6. The minimum atomic E-state index is -1.10. The van der Waals surface area contributed by atoms with E-state index in [0.717, 1.165) is 0 Å². The van der Waals surface area contributed by atoms with Crippen LogP contribution in [0.3, 0.4) is 0 Å². The van der Waals surface area contributed by atoms with Crippen LogP contribution in [0.25, 0.3) is 0 Å². The molecule has 0 unspecified atom stereocenters. The van der Waals surface area contributed by atoms with Crippen molar-refractivity contribution in [1.29, 1.82) is 0 Å². The normalized spacial score (nSPS) is 29.3. The fourth-order valence-electron chi connectivity index (χ4n) is 3.05. The molecule has 0 aromatic rings. The molecule has 0 spiro atoms. The Bertz CT molecular complexity index is 497. The molecule has 1 fully saturated rings. The first-order valence-corrected chi connectivity index (χ1v) is 7.05. The molecule has 118 valence electrons. The summed E-state index contributed by atoms with van der Waals surface area (Å²) in [6, 6.07) is 0. The molecule has 5 heteroatoms. The van der Waals surface area contributed by atoms with E-state index >= 15 is 0 Å². The number of aliphatic hydroxyl groups is 2. The number of rotatable bonds is 3. The number of ketones is 1. The summed E-state index contributed by atoms with van der Waals surface area (Å²) in [7, 11) is 0. The van der Waals surface area contributed by atoms with E-state index in [0.29, 0.717) is 12.0 Å². The molecule has 0 radical (unpaired) electrons. The van der Waals surface area contributed by atoms with E-state index in [2.05, 4.69) is 5.73 Å². The molecule has 3 atom stereocenters. The second-order valence-electron chi connectivity index (χ2n) is 6.51. The van der Waals surface area contributed by atoms with Crippen molar-refractivity contribution >= 4 is 11.8 Å². The molecule has 1 saturated carbocycles. The van der Waals surface area contributed by atoms with Gasteiger partial charge in [-0.15, -0.1) is 5.73 Å². The van der Waals surface area contributed by atoms with Gasteiger partial charge >= 0.3 is 5.97 Å². The molecule has 0 amide bonds. The number of esters is 1. The summed E-state index contributed by atoms with van der Waals surface area (Å²) >= 11 is 0. The van der Waals surface area contributed by atoms with Gasteiger partial charge in [0.05, 0.1) is 6.10 Å². The van der Waals surface area contributed by atoms with E-state index in [1.54, 1.807) is 6.92 Å². The third-order valence-corrected chi connectivity index (χ3v) is 3.72. The lowest BCUT2D eigenvalue weighted by Crippen LogP contribution is -2.47. The number of hydrogen-bond donors (Lipinski definition) is 2. The second-order valence-corrected chi connectivity index (χ2v) is 6.51. The number of ether oxygens (including phenoxy) is 1. The highest BCUT2D eigenvalue weighted by molar-refractivity contribution is 5.92. The topological polar surface area (TPSA) is 83.8 Å². The fraction of sp³-hybridized carbons (Fsp3) is 0.688. The highest BCUT2D eigenvalue weighted by Crippen LogP contribution is 2.47. The van der Waals surface area contributed by atoms with E-state index in [-0.39, 0.29) is 6.42 Å². The summed E-state index contributed by atoms with van der Waals surface area (Å²) in [4.78, 5) is 22.9. The van der Waals surface area contributed by atoms with Crippen molar-refractivity contribution in [2.75, 3.05) is 0 Å². The van der Waals surface area contributed by atoms with Gasteiger partial charge in [-0.3, -0.25) is 9.59 Å². The Morgan fingerprint density at radius 3 is 2.43 bits per heavy atom. The Morgan fingerprint density at radius 2 is 1.95 bits per heavy atom. The number of aliphatic hydroxyl groups excluding tert-OH is 2. The summed E-state index contributed by atoms with van der Waals surface area (Å²) < 4.78 is 5.40. The average Bonchev–Trinajstić information content (AvgIpc) is 2.23. The standard InChI is InChI=1S/C16H24O5/c1-10(17)13(20)6-7-14-15(3,4)8-12(19)9-16(14,5)21-11(2)18/h6,10,12,17,19H,8-9H2,1-5H3/t7?,10-,12+,16-/m1/s1. The van der Waals surface area contributed by atoms with Gasteiger partial charge in [-0.05, 0) is 25.7 Å². The molecule has 2 N–H and O–H groups in total. The molecule has 0 aromatic heterocycles. The highest BCUT2D eigenvalue weighted by Gasteiger charge is 2.47. The van der Waals surface area contributed by atoms with Gasteiger partial charge in [0.15, 0.2) is 5.78 Å². The van der Waals surface area contributed by atoms with Crippen molar-refractivity contribution in [3.8, 4) is 0 Å². The van der Waals surface area contributed by atoms with Crippen molar-refractivity contribution < 1.29 is 24.5 Å². The van der Waals surface area contributed by atoms with Gasteiger partial charge in [0, 0.05) is 25.0 Å². The molecule has 5 nitrogen and oxygen atoms in total. The Labute approximate surface area is 125 Å². The van der Waals surface area contributed by atoms with Gasteiger partial charge < -0.3 is 14.9 Å². The van der Waals surface area contributed by atoms with Gasteiger partial charge in [0.1, 0.15) is 11.7 Å². The maximum Gasteiger partial charge on any atom is 0.303 e. The van der Waals surface area contributed by atoms with Crippen LogP contribution >= 0.6 is 0 Å². The molecule has 1 rings (SSSR count). The fourth-order valence-corrected chi connectivity index (χ4v) is 3.05. The minimum Gasteiger partial charge on any atom is -0.454 e. The molecule has 1 aliphatic rings. The Balaban J connectivity index is 3.33. The maximum atomic E-state index is 11.6. The zero-order valence-corrected chi connectivity index (χ0v) is 13.3. The predicted octanol–water partition coefficient (Wildman–Crippen LogP) is 1.52. The van der Waals surface area contributed by atoms with E-state index < -0.39 is 35.0 Å². The number of carbonyl (C=O) groups excluding carboxylic acids is 2. The molecule has 21 heavy (non-hydrogen) atoms. The van der Waals surface area contributed by atoms with Crippen LogP contribution in [-0.2, 0) is 14.3 Å². The summed E-state index contributed by atoms with van der Waals surface area (Å²) in [6.45, 7) is 8.20. The molecule has 0 aliphatic heterocycles. The van der Waals surface area contributed by atoms with Crippen molar-refractivity contribution in [2.45, 2.75) is 65.3 Å². The van der Waals surface area contributed by atoms with Crippen molar-refractivity contribution in [2.24, 2.45) is 5.41 Å². The monoisotopic (exact) mass is 296 g/mol.